The highest BCUT2D eigenvalue weighted by atomic mass is 35.5. The first-order valence-electron chi connectivity index (χ1n) is 6.75. The van der Waals surface area contributed by atoms with E-state index in [1.165, 1.54) is 28.8 Å². The number of hydrogen-bond acceptors (Lipinski definition) is 3. The number of fused-ring (bicyclic) bond motifs is 1. The molecule has 112 valence electrons. The molecule has 0 spiro atoms. The minimum atomic E-state index is -0.365. The van der Waals surface area contributed by atoms with Gasteiger partial charge in [-0.2, -0.15) is 0 Å². The van der Waals surface area contributed by atoms with E-state index >= 15 is 0 Å². The number of benzene rings is 2. The summed E-state index contributed by atoms with van der Waals surface area (Å²) in [6.45, 7) is 1.80. The SMILES string of the molecule is C[C@@H](NCl)c1nc2ccccc2c(=O)n1-c1ccc(F)cc1. The lowest BCUT2D eigenvalue weighted by Crippen LogP contribution is -2.27. The summed E-state index contributed by atoms with van der Waals surface area (Å²) in [5.41, 5.74) is 0.920. The molecule has 22 heavy (non-hydrogen) atoms. The number of hydrogen-bond donors (Lipinski definition) is 1. The van der Waals surface area contributed by atoms with Crippen molar-refractivity contribution in [2.75, 3.05) is 0 Å². The summed E-state index contributed by atoms with van der Waals surface area (Å²) in [5, 5.41) is 0.498. The largest absolute Gasteiger partial charge is 0.268 e. The van der Waals surface area contributed by atoms with Crippen molar-refractivity contribution in [1.29, 1.82) is 0 Å². The van der Waals surface area contributed by atoms with E-state index in [2.05, 4.69) is 9.82 Å². The molecule has 0 unspecified atom stereocenters. The smallest absolute Gasteiger partial charge is 0.266 e. The minimum Gasteiger partial charge on any atom is -0.268 e. The van der Waals surface area contributed by atoms with Gasteiger partial charge in [0.05, 0.1) is 22.6 Å². The van der Waals surface area contributed by atoms with Crippen molar-refractivity contribution in [3.63, 3.8) is 0 Å². The highest BCUT2D eigenvalue weighted by Gasteiger charge is 2.17. The number of nitrogens with one attached hydrogen (secondary N) is 1. The molecule has 0 saturated heterocycles. The van der Waals surface area contributed by atoms with Crippen LogP contribution in [0.4, 0.5) is 4.39 Å². The minimum absolute atomic E-state index is 0.217. The van der Waals surface area contributed by atoms with E-state index in [-0.39, 0.29) is 17.4 Å². The molecule has 6 heteroatoms. The maximum Gasteiger partial charge on any atom is 0.266 e. The molecule has 3 rings (SSSR count). The fraction of sp³-hybridized carbons (Fsp3) is 0.125. The summed E-state index contributed by atoms with van der Waals surface area (Å²) in [6, 6.07) is 12.4. The first-order valence-corrected chi connectivity index (χ1v) is 7.13. The van der Waals surface area contributed by atoms with Gasteiger partial charge in [0.2, 0.25) is 0 Å². The van der Waals surface area contributed by atoms with Crippen LogP contribution in [0.5, 0.6) is 0 Å². The van der Waals surface area contributed by atoms with Crippen molar-refractivity contribution < 1.29 is 4.39 Å². The Kier molecular flexibility index (Phi) is 3.92. The van der Waals surface area contributed by atoms with E-state index in [1.807, 2.05) is 6.07 Å². The Morgan fingerprint density at radius 3 is 2.55 bits per heavy atom. The Balaban J connectivity index is 2.37. The van der Waals surface area contributed by atoms with Gasteiger partial charge >= 0.3 is 0 Å². The topological polar surface area (TPSA) is 46.9 Å². The molecule has 0 aliphatic heterocycles. The second kappa shape index (κ2) is 5.87. The predicted octanol–water partition coefficient (Wildman–Crippen LogP) is 3.33. The molecule has 0 amide bonds. The van der Waals surface area contributed by atoms with Crippen LogP contribution in [-0.2, 0) is 0 Å². The van der Waals surface area contributed by atoms with Gasteiger partial charge in [0.25, 0.3) is 5.56 Å². The molecule has 1 heterocycles. The summed E-state index contributed by atoms with van der Waals surface area (Å²) in [7, 11) is 0. The number of halogens is 2. The van der Waals surface area contributed by atoms with Gasteiger partial charge < -0.3 is 0 Å². The Morgan fingerprint density at radius 1 is 1.18 bits per heavy atom. The average Bonchev–Trinajstić information content (AvgIpc) is 2.55. The zero-order chi connectivity index (χ0) is 15.7. The Labute approximate surface area is 131 Å². The standard InChI is InChI=1S/C16H13ClFN3O/c1-10(20-17)15-19-14-5-3-2-4-13(14)16(22)21(15)12-8-6-11(18)7-9-12/h2-10,20H,1H3/t10-/m1/s1. The Morgan fingerprint density at radius 2 is 1.86 bits per heavy atom. The van der Waals surface area contributed by atoms with E-state index in [9.17, 15) is 9.18 Å². The van der Waals surface area contributed by atoms with Crippen LogP contribution in [0.25, 0.3) is 16.6 Å². The van der Waals surface area contributed by atoms with Crippen molar-refractivity contribution >= 4 is 22.7 Å². The zero-order valence-electron chi connectivity index (χ0n) is 11.8. The number of nitrogens with zero attached hydrogens (tertiary/aromatic N) is 2. The van der Waals surface area contributed by atoms with Crippen LogP contribution in [0.15, 0.2) is 53.3 Å². The molecule has 3 aromatic rings. The molecule has 0 bridgehead atoms. The molecule has 0 radical (unpaired) electrons. The van der Waals surface area contributed by atoms with Crippen LogP contribution in [0, 0.1) is 5.82 Å². The first kappa shape index (κ1) is 14.7. The van der Waals surface area contributed by atoms with Crippen molar-refractivity contribution in [2.45, 2.75) is 13.0 Å². The van der Waals surface area contributed by atoms with Crippen molar-refractivity contribution in [2.24, 2.45) is 0 Å². The van der Waals surface area contributed by atoms with E-state index in [4.69, 9.17) is 11.8 Å². The summed E-state index contributed by atoms with van der Waals surface area (Å²) >= 11 is 5.71. The highest BCUT2D eigenvalue weighted by Crippen LogP contribution is 2.18. The van der Waals surface area contributed by atoms with Crippen LogP contribution in [0.3, 0.4) is 0 Å². The van der Waals surface area contributed by atoms with Crippen LogP contribution < -0.4 is 10.4 Å². The summed E-state index contributed by atoms with van der Waals surface area (Å²) in [5.74, 6) is 0.0981. The second-order valence-corrected chi connectivity index (χ2v) is 5.15. The van der Waals surface area contributed by atoms with E-state index in [1.54, 1.807) is 25.1 Å². The predicted molar refractivity (Wildman–Crippen MR) is 84.7 cm³/mol. The Bertz CT molecular complexity index is 877. The van der Waals surface area contributed by atoms with Gasteiger partial charge in [0, 0.05) is 0 Å². The van der Waals surface area contributed by atoms with Crippen LogP contribution in [0.1, 0.15) is 18.8 Å². The van der Waals surface area contributed by atoms with Crippen LogP contribution in [-0.4, -0.2) is 9.55 Å². The lowest BCUT2D eigenvalue weighted by Gasteiger charge is -2.17. The van der Waals surface area contributed by atoms with Gasteiger partial charge in [-0.05, 0) is 55.1 Å². The number of para-hydroxylation sites is 1. The van der Waals surface area contributed by atoms with Crippen molar-refractivity contribution in [3.8, 4) is 5.69 Å². The third-order valence-corrected chi connectivity index (χ3v) is 3.76. The molecule has 0 aliphatic rings. The maximum absolute atomic E-state index is 13.1. The number of aromatic nitrogens is 2. The van der Waals surface area contributed by atoms with Gasteiger partial charge in [0.15, 0.2) is 0 Å². The fourth-order valence-corrected chi connectivity index (χ4v) is 2.43. The monoisotopic (exact) mass is 317 g/mol. The second-order valence-electron chi connectivity index (χ2n) is 4.93. The number of rotatable bonds is 3. The molecule has 0 fully saturated rings. The molecule has 2 aromatic carbocycles. The molecule has 4 nitrogen and oxygen atoms in total. The highest BCUT2D eigenvalue weighted by molar-refractivity contribution is 6.13. The molecule has 0 aliphatic carbocycles. The first-order chi connectivity index (χ1) is 10.6. The zero-order valence-corrected chi connectivity index (χ0v) is 12.5. The van der Waals surface area contributed by atoms with Gasteiger partial charge in [-0.15, -0.1) is 0 Å². The molecular formula is C16H13ClFN3O. The van der Waals surface area contributed by atoms with Gasteiger partial charge in [-0.1, -0.05) is 12.1 Å². The lowest BCUT2D eigenvalue weighted by atomic mass is 10.2. The molecule has 1 atom stereocenters. The van der Waals surface area contributed by atoms with Gasteiger partial charge in [-0.25, -0.2) is 14.2 Å². The van der Waals surface area contributed by atoms with Gasteiger partial charge in [-0.3, -0.25) is 9.36 Å². The summed E-state index contributed by atoms with van der Waals surface area (Å²) in [6.07, 6.45) is 0. The van der Waals surface area contributed by atoms with E-state index in [0.29, 0.717) is 22.4 Å². The maximum atomic E-state index is 13.1. The van der Waals surface area contributed by atoms with Crippen LogP contribution in [0.2, 0.25) is 0 Å². The molecular weight excluding hydrogens is 305 g/mol. The third kappa shape index (κ3) is 2.49. The van der Waals surface area contributed by atoms with E-state index in [0.717, 1.165) is 0 Å². The van der Waals surface area contributed by atoms with Crippen molar-refractivity contribution in [3.05, 3.63) is 70.5 Å². The molecule has 1 aromatic heterocycles. The van der Waals surface area contributed by atoms with Gasteiger partial charge in [0.1, 0.15) is 11.6 Å². The fourth-order valence-electron chi connectivity index (χ4n) is 2.33. The molecule has 1 N–H and O–H groups in total. The van der Waals surface area contributed by atoms with E-state index < -0.39 is 0 Å². The third-order valence-electron chi connectivity index (χ3n) is 3.44. The normalized spacial score (nSPS) is 12.5. The summed E-state index contributed by atoms with van der Waals surface area (Å²) < 4.78 is 14.6. The van der Waals surface area contributed by atoms with Crippen molar-refractivity contribution in [1.82, 2.24) is 14.4 Å². The lowest BCUT2D eigenvalue weighted by molar-refractivity contribution is 0.625. The summed E-state index contributed by atoms with van der Waals surface area (Å²) in [4.78, 5) is 19.9. The average molecular weight is 318 g/mol. The quantitative estimate of drug-likeness (QED) is 0.754. The van der Waals surface area contributed by atoms with Crippen LogP contribution >= 0.6 is 11.8 Å². The Hall–Kier alpha value is -2.24. The molecule has 0 saturated carbocycles.